The molecule has 5 heteroatoms. The van der Waals surface area contributed by atoms with Crippen LogP contribution in [0.1, 0.15) is 48.9 Å². The summed E-state index contributed by atoms with van der Waals surface area (Å²) in [4.78, 5) is 15.7. The second kappa shape index (κ2) is 8.22. The summed E-state index contributed by atoms with van der Waals surface area (Å²) in [6.07, 6.45) is 9.02. The first-order chi connectivity index (χ1) is 9.75. The lowest BCUT2D eigenvalue weighted by atomic mass is 9.98. The van der Waals surface area contributed by atoms with Gasteiger partial charge in [0.05, 0.1) is 11.7 Å². The van der Waals surface area contributed by atoms with Gasteiger partial charge >= 0.3 is 0 Å². The average molecular weight is 297 g/mol. The maximum absolute atomic E-state index is 11.8. The maximum atomic E-state index is 11.8. The molecular weight excluding hydrogens is 276 g/mol. The van der Waals surface area contributed by atoms with Gasteiger partial charge in [0.15, 0.2) is 0 Å². The summed E-state index contributed by atoms with van der Waals surface area (Å²) in [7, 11) is 0. The summed E-state index contributed by atoms with van der Waals surface area (Å²) in [5, 5.41) is 3.25. The van der Waals surface area contributed by atoms with Crippen LogP contribution in [0.5, 0.6) is 0 Å². The van der Waals surface area contributed by atoms with E-state index in [1.165, 1.54) is 38.3 Å². The molecule has 1 aliphatic rings. The quantitative estimate of drug-likeness (QED) is 0.648. The molecule has 1 aromatic heterocycles. The van der Waals surface area contributed by atoms with Crippen molar-refractivity contribution in [3.05, 3.63) is 29.0 Å². The zero-order valence-electron chi connectivity index (χ0n) is 11.6. The highest BCUT2D eigenvalue weighted by molar-refractivity contribution is 6.29. The third kappa shape index (κ3) is 5.10. The van der Waals surface area contributed by atoms with Crippen molar-refractivity contribution >= 4 is 17.5 Å². The van der Waals surface area contributed by atoms with Gasteiger partial charge in [-0.15, -0.1) is 0 Å². The highest BCUT2D eigenvalue weighted by Crippen LogP contribution is 2.20. The largest absolute Gasteiger partial charge is 0.378 e. The maximum Gasteiger partial charge on any atom is 0.252 e. The van der Waals surface area contributed by atoms with E-state index < -0.39 is 0 Å². The van der Waals surface area contributed by atoms with E-state index in [-0.39, 0.29) is 5.91 Å². The molecule has 1 amide bonds. The van der Waals surface area contributed by atoms with Crippen LogP contribution in [-0.2, 0) is 4.74 Å². The number of rotatable bonds is 6. The standard InChI is InChI=1S/C15H21ClN2O2/c16-14-8-7-12(11-18-14)15(19)17-9-4-10-20-13-5-2-1-3-6-13/h7-8,11,13H,1-6,9-10H2,(H,17,19). The molecule has 1 heterocycles. The fourth-order valence-electron chi connectivity index (χ4n) is 2.37. The highest BCUT2D eigenvalue weighted by atomic mass is 35.5. The molecule has 0 atom stereocenters. The summed E-state index contributed by atoms with van der Waals surface area (Å²) in [5.41, 5.74) is 0.530. The van der Waals surface area contributed by atoms with Crippen molar-refractivity contribution in [3.63, 3.8) is 0 Å². The van der Waals surface area contributed by atoms with E-state index in [0.29, 0.717) is 30.0 Å². The van der Waals surface area contributed by atoms with Crippen LogP contribution in [0, 0.1) is 0 Å². The molecule has 1 N–H and O–H groups in total. The third-order valence-corrected chi connectivity index (χ3v) is 3.73. The van der Waals surface area contributed by atoms with Gasteiger partial charge < -0.3 is 10.1 Å². The van der Waals surface area contributed by atoms with E-state index >= 15 is 0 Å². The van der Waals surface area contributed by atoms with Crippen LogP contribution in [-0.4, -0.2) is 30.1 Å². The van der Waals surface area contributed by atoms with Gasteiger partial charge in [-0.05, 0) is 31.4 Å². The highest BCUT2D eigenvalue weighted by Gasteiger charge is 2.13. The summed E-state index contributed by atoms with van der Waals surface area (Å²) in [6.45, 7) is 1.33. The molecule has 2 rings (SSSR count). The molecule has 0 aliphatic heterocycles. The number of carbonyl (C=O) groups excluding carboxylic acids is 1. The van der Waals surface area contributed by atoms with E-state index in [1.807, 2.05) is 0 Å². The van der Waals surface area contributed by atoms with Crippen LogP contribution >= 0.6 is 11.6 Å². The number of halogens is 1. The zero-order valence-corrected chi connectivity index (χ0v) is 12.4. The fraction of sp³-hybridized carbons (Fsp3) is 0.600. The van der Waals surface area contributed by atoms with Crippen molar-refractivity contribution in [2.45, 2.75) is 44.6 Å². The van der Waals surface area contributed by atoms with Gasteiger partial charge in [-0.2, -0.15) is 0 Å². The number of nitrogens with zero attached hydrogens (tertiary/aromatic N) is 1. The molecule has 0 unspecified atom stereocenters. The fourth-order valence-corrected chi connectivity index (χ4v) is 2.48. The zero-order chi connectivity index (χ0) is 14.2. The number of hydrogen-bond acceptors (Lipinski definition) is 3. The first kappa shape index (κ1) is 15.3. The summed E-state index contributed by atoms with van der Waals surface area (Å²) in [6, 6.07) is 3.28. The van der Waals surface area contributed by atoms with Gasteiger partial charge in [-0.25, -0.2) is 4.98 Å². The first-order valence-electron chi connectivity index (χ1n) is 7.27. The Morgan fingerprint density at radius 2 is 2.15 bits per heavy atom. The van der Waals surface area contributed by atoms with Gasteiger partial charge in [0, 0.05) is 19.3 Å². The SMILES string of the molecule is O=C(NCCCOC1CCCCC1)c1ccc(Cl)nc1. The number of carbonyl (C=O) groups is 1. The Hall–Kier alpha value is -1.13. The molecule has 20 heavy (non-hydrogen) atoms. The Kier molecular flexibility index (Phi) is 6.27. The number of aromatic nitrogens is 1. The van der Waals surface area contributed by atoms with Crippen LogP contribution in [0.4, 0.5) is 0 Å². The van der Waals surface area contributed by atoms with Gasteiger partial charge in [0.25, 0.3) is 5.91 Å². The minimum absolute atomic E-state index is 0.119. The molecule has 4 nitrogen and oxygen atoms in total. The molecule has 0 spiro atoms. The van der Waals surface area contributed by atoms with Crippen molar-refractivity contribution < 1.29 is 9.53 Å². The summed E-state index contributed by atoms with van der Waals surface area (Å²) < 4.78 is 5.81. The van der Waals surface area contributed by atoms with E-state index in [4.69, 9.17) is 16.3 Å². The second-order valence-electron chi connectivity index (χ2n) is 5.11. The molecular formula is C15H21ClN2O2. The van der Waals surface area contributed by atoms with Crippen LogP contribution in [0.15, 0.2) is 18.3 Å². The molecule has 0 radical (unpaired) electrons. The second-order valence-corrected chi connectivity index (χ2v) is 5.50. The van der Waals surface area contributed by atoms with Crippen LogP contribution in [0.25, 0.3) is 0 Å². The lowest BCUT2D eigenvalue weighted by Crippen LogP contribution is -2.26. The van der Waals surface area contributed by atoms with Crippen LogP contribution < -0.4 is 5.32 Å². The Balaban J connectivity index is 1.58. The normalized spacial score (nSPS) is 16.1. The van der Waals surface area contributed by atoms with Gasteiger partial charge in [-0.3, -0.25) is 4.79 Å². The number of pyridine rings is 1. The van der Waals surface area contributed by atoms with Crippen molar-refractivity contribution in [1.29, 1.82) is 0 Å². The van der Waals surface area contributed by atoms with Crippen molar-refractivity contribution in [3.8, 4) is 0 Å². The molecule has 1 saturated carbocycles. The Labute approximate surface area is 124 Å². The Morgan fingerprint density at radius 1 is 1.35 bits per heavy atom. The number of amides is 1. The molecule has 110 valence electrons. The van der Waals surface area contributed by atoms with Crippen molar-refractivity contribution in [1.82, 2.24) is 10.3 Å². The molecule has 1 fully saturated rings. The Bertz CT molecular complexity index is 416. The minimum Gasteiger partial charge on any atom is -0.378 e. The third-order valence-electron chi connectivity index (χ3n) is 3.50. The topological polar surface area (TPSA) is 51.2 Å². The van der Waals surface area contributed by atoms with Crippen LogP contribution in [0.2, 0.25) is 5.15 Å². The van der Waals surface area contributed by atoms with E-state index in [0.717, 1.165) is 6.42 Å². The van der Waals surface area contributed by atoms with E-state index in [2.05, 4.69) is 10.3 Å². The number of nitrogens with one attached hydrogen (secondary N) is 1. The van der Waals surface area contributed by atoms with Crippen LogP contribution in [0.3, 0.4) is 0 Å². The molecule has 0 saturated heterocycles. The lowest BCUT2D eigenvalue weighted by molar-refractivity contribution is 0.0273. The number of ether oxygens (including phenoxy) is 1. The Morgan fingerprint density at radius 3 is 2.85 bits per heavy atom. The average Bonchev–Trinajstić information content (AvgIpc) is 2.48. The van der Waals surface area contributed by atoms with Gasteiger partial charge in [0.1, 0.15) is 5.15 Å². The summed E-state index contributed by atoms with van der Waals surface area (Å²) in [5.74, 6) is -0.119. The van der Waals surface area contributed by atoms with Gasteiger partial charge in [-0.1, -0.05) is 30.9 Å². The number of hydrogen-bond donors (Lipinski definition) is 1. The van der Waals surface area contributed by atoms with E-state index in [9.17, 15) is 4.79 Å². The van der Waals surface area contributed by atoms with Gasteiger partial charge in [0.2, 0.25) is 0 Å². The van der Waals surface area contributed by atoms with Crippen molar-refractivity contribution in [2.75, 3.05) is 13.2 Å². The van der Waals surface area contributed by atoms with Crippen molar-refractivity contribution in [2.24, 2.45) is 0 Å². The molecule has 1 aromatic rings. The predicted molar refractivity (Wildman–Crippen MR) is 79.0 cm³/mol. The summed E-state index contributed by atoms with van der Waals surface area (Å²) >= 11 is 5.68. The molecule has 1 aliphatic carbocycles. The smallest absolute Gasteiger partial charge is 0.252 e. The first-order valence-corrected chi connectivity index (χ1v) is 7.65. The predicted octanol–water partition coefficient (Wildman–Crippen LogP) is 3.20. The molecule has 0 bridgehead atoms. The lowest BCUT2D eigenvalue weighted by Gasteiger charge is -2.21. The minimum atomic E-state index is -0.119. The monoisotopic (exact) mass is 296 g/mol. The van der Waals surface area contributed by atoms with E-state index in [1.54, 1.807) is 12.1 Å². The molecule has 0 aromatic carbocycles.